The minimum absolute atomic E-state index is 0.0311. The molecule has 0 unspecified atom stereocenters. The number of hydrogen-bond donors (Lipinski definition) is 6. The Balaban J connectivity index is 1.83. The van der Waals surface area contributed by atoms with Crippen LogP contribution in [0.25, 0.3) is 0 Å². The van der Waals surface area contributed by atoms with Gasteiger partial charge in [0.05, 0.1) is 57.9 Å². The van der Waals surface area contributed by atoms with Crippen molar-refractivity contribution < 1.29 is 57.9 Å². The Bertz CT molecular complexity index is 1300. The molecule has 0 saturated heterocycles. The van der Waals surface area contributed by atoms with Crippen LogP contribution in [0.2, 0.25) is 0 Å². The Morgan fingerprint density at radius 3 is 1.56 bits per heavy atom. The Morgan fingerprint density at radius 1 is 0.590 bits per heavy atom. The molecule has 18 nitrogen and oxygen atoms in total. The van der Waals surface area contributed by atoms with Crippen molar-refractivity contribution in [3.63, 3.8) is 0 Å². The van der Waals surface area contributed by atoms with Gasteiger partial charge in [0.2, 0.25) is 17.7 Å². The van der Waals surface area contributed by atoms with Crippen LogP contribution in [0.15, 0.2) is 12.5 Å². The number of ketones is 1. The molecule has 1 heterocycles. The lowest BCUT2D eigenvalue weighted by Gasteiger charge is -2.14. The Labute approximate surface area is 361 Å². The molecule has 61 heavy (non-hydrogen) atoms. The number of H-pyrrole nitrogens is 1. The van der Waals surface area contributed by atoms with Crippen molar-refractivity contribution in [2.45, 2.75) is 141 Å². The number of aliphatic carboxylic acids is 2. The van der Waals surface area contributed by atoms with Crippen LogP contribution in [0.3, 0.4) is 0 Å². The lowest BCUT2D eigenvalue weighted by molar-refractivity contribution is -0.144. The van der Waals surface area contributed by atoms with E-state index in [0.29, 0.717) is 51.3 Å². The molecule has 0 aromatic carbocycles. The molecule has 3 amide bonds. The van der Waals surface area contributed by atoms with Crippen LogP contribution in [0, 0.1) is 5.92 Å². The molecule has 0 saturated carbocycles. The van der Waals surface area contributed by atoms with Crippen LogP contribution in [0.1, 0.15) is 134 Å². The van der Waals surface area contributed by atoms with Crippen molar-refractivity contribution >= 4 is 35.4 Å². The number of nitrogens with one attached hydrogen (secondary N) is 5. The highest BCUT2D eigenvalue weighted by atomic mass is 16.5. The van der Waals surface area contributed by atoms with Crippen LogP contribution in [0.4, 0.5) is 0 Å². The minimum atomic E-state index is -1.08. The van der Waals surface area contributed by atoms with Crippen LogP contribution in [0.5, 0.6) is 0 Å². The number of carbonyl (C=O) groups is 6. The molecule has 0 aliphatic rings. The average Bonchev–Trinajstić information content (AvgIpc) is 3.74. The topological polar surface area (TPSA) is 268 Å². The van der Waals surface area contributed by atoms with E-state index in [1.54, 1.807) is 0 Å². The molecule has 18 heteroatoms. The maximum Gasteiger partial charge on any atom is 0.306 e. The van der Waals surface area contributed by atoms with Gasteiger partial charge in [0.15, 0.2) is 5.78 Å². The maximum atomic E-state index is 12.3. The Morgan fingerprint density at radius 2 is 1.07 bits per heavy atom. The third-order valence-electron chi connectivity index (χ3n) is 9.86. The number of carboxylic acid groups (broad SMARTS) is 2. The van der Waals surface area contributed by atoms with E-state index >= 15 is 0 Å². The van der Waals surface area contributed by atoms with E-state index in [0.717, 1.165) is 38.5 Å². The molecule has 0 aliphatic heterocycles. The average molecular weight is 868 g/mol. The normalized spacial score (nSPS) is 12.1. The van der Waals surface area contributed by atoms with Gasteiger partial charge < -0.3 is 50.1 Å². The molecule has 1 aromatic rings. The SMILES string of the molecule is [NH][C@@H](Cc1cnc[nH]1)C(=O)C[C@@H](CCCCNC(=O)COCCOCCNC(=O)COCCOCCNC(=O)CCCCCCCCCCCCCCCCC(=O)O)C(=O)O. The fourth-order valence-electron chi connectivity index (χ4n) is 6.34. The first-order valence-electron chi connectivity index (χ1n) is 22.3. The van der Waals surface area contributed by atoms with Gasteiger partial charge >= 0.3 is 11.9 Å². The van der Waals surface area contributed by atoms with Gasteiger partial charge in [-0.3, -0.25) is 28.8 Å². The molecule has 0 aliphatic carbocycles. The van der Waals surface area contributed by atoms with Gasteiger partial charge in [-0.2, -0.15) is 0 Å². The van der Waals surface area contributed by atoms with E-state index in [1.807, 2.05) is 0 Å². The van der Waals surface area contributed by atoms with E-state index in [1.165, 1.54) is 63.9 Å². The summed E-state index contributed by atoms with van der Waals surface area (Å²) in [6, 6.07) is -1.06. The van der Waals surface area contributed by atoms with Gasteiger partial charge in [0.25, 0.3) is 0 Å². The third kappa shape index (κ3) is 35.3. The summed E-state index contributed by atoms with van der Waals surface area (Å²) in [5.74, 6) is -3.66. The van der Waals surface area contributed by atoms with Crippen LogP contribution >= 0.6 is 0 Å². The zero-order valence-corrected chi connectivity index (χ0v) is 36.4. The predicted molar refractivity (Wildman–Crippen MR) is 228 cm³/mol. The molecular weight excluding hydrogens is 793 g/mol. The highest BCUT2D eigenvalue weighted by Crippen LogP contribution is 2.16. The van der Waals surface area contributed by atoms with Crippen LogP contribution in [-0.2, 0) is 54.1 Å². The first kappa shape index (κ1) is 55.0. The van der Waals surface area contributed by atoms with E-state index < -0.39 is 29.7 Å². The molecule has 2 atom stereocenters. The van der Waals surface area contributed by atoms with Crippen molar-refractivity contribution in [3.8, 4) is 0 Å². The summed E-state index contributed by atoms with van der Waals surface area (Å²) in [6.45, 7) is 2.38. The number of amides is 3. The van der Waals surface area contributed by atoms with Gasteiger partial charge in [0.1, 0.15) is 13.2 Å². The summed E-state index contributed by atoms with van der Waals surface area (Å²) in [5, 5.41) is 26.4. The smallest absolute Gasteiger partial charge is 0.306 e. The number of unbranched alkanes of at least 4 members (excludes halogenated alkanes) is 14. The molecule has 1 radical (unpaired) electrons. The number of nitrogens with zero attached hydrogens (tertiary/aromatic N) is 1. The summed E-state index contributed by atoms with van der Waals surface area (Å²) >= 11 is 0. The van der Waals surface area contributed by atoms with E-state index in [4.69, 9.17) is 29.8 Å². The summed E-state index contributed by atoms with van der Waals surface area (Å²) in [5.41, 5.74) is 8.65. The predicted octanol–water partition coefficient (Wildman–Crippen LogP) is 4.18. The summed E-state index contributed by atoms with van der Waals surface area (Å²) in [4.78, 5) is 77.1. The Kier molecular flexibility index (Phi) is 35.1. The van der Waals surface area contributed by atoms with Crippen molar-refractivity contribution in [1.82, 2.24) is 31.7 Å². The number of carbonyl (C=O) groups excluding carboxylic acids is 4. The van der Waals surface area contributed by atoms with E-state index in [2.05, 4.69) is 25.9 Å². The fraction of sp³-hybridized carbons (Fsp3) is 0.791. The molecule has 1 rings (SSSR count). The number of aromatic amines is 1. The largest absolute Gasteiger partial charge is 0.481 e. The standard InChI is InChI=1S/C43H75N6O12/c44-37(30-36-31-45-34-49-36)38(50)29-35(43(56)57)17-15-16-20-46-40(52)32-60-27-26-59-24-22-48-41(53)33-61-28-25-58-23-21-47-39(51)18-13-11-9-7-5-3-1-2-4-6-8-10-12-14-19-42(54)55/h31,34-35,37,44H,1-30,32-33H2,(H,45,49)(H,46,52)(H,47,51)(H,48,53)(H,54,55)(H,56,57)/t35-,37+/m1/s1. The lowest BCUT2D eigenvalue weighted by atomic mass is 9.92. The van der Waals surface area contributed by atoms with Gasteiger partial charge in [-0.25, -0.2) is 10.7 Å². The van der Waals surface area contributed by atoms with Gasteiger partial charge in [-0.1, -0.05) is 83.5 Å². The van der Waals surface area contributed by atoms with Gasteiger partial charge in [-0.15, -0.1) is 0 Å². The van der Waals surface area contributed by atoms with Crippen molar-refractivity contribution in [3.05, 3.63) is 18.2 Å². The first-order valence-corrected chi connectivity index (χ1v) is 22.3. The van der Waals surface area contributed by atoms with E-state index in [9.17, 15) is 33.9 Å². The molecule has 0 spiro atoms. The second-order valence-electron chi connectivity index (χ2n) is 15.3. The number of rotatable bonds is 44. The van der Waals surface area contributed by atoms with E-state index in [-0.39, 0.29) is 89.6 Å². The Hall–Kier alpha value is -3.97. The van der Waals surface area contributed by atoms with Gasteiger partial charge in [-0.05, 0) is 25.7 Å². The zero-order chi connectivity index (χ0) is 44.6. The van der Waals surface area contributed by atoms with Crippen molar-refractivity contribution in [2.75, 3.05) is 72.5 Å². The van der Waals surface area contributed by atoms with Crippen LogP contribution in [-0.4, -0.2) is 134 Å². The molecular formula is C43H75N6O12. The number of Topliss-reactive ketones (excluding diaryl/α,β-unsaturated/α-hetero) is 1. The minimum Gasteiger partial charge on any atom is -0.481 e. The highest BCUT2D eigenvalue weighted by molar-refractivity contribution is 5.87. The summed E-state index contributed by atoms with van der Waals surface area (Å²) in [6.07, 6.45) is 21.1. The van der Waals surface area contributed by atoms with Crippen molar-refractivity contribution in [2.24, 2.45) is 5.92 Å². The molecule has 0 fully saturated rings. The third-order valence-corrected chi connectivity index (χ3v) is 9.86. The molecule has 0 bridgehead atoms. The summed E-state index contributed by atoms with van der Waals surface area (Å²) in [7, 11) is 0. The first-order chi connectivity index (χ1) is 29.6. The van der Waals surface area contributed by atoms with Gasteiger partial charge in [0, 0.05) is 57.2 Å². The number of aromatic nitrogens is 2. The summed E-state index contributed by atoms with van der Waals surface area (Å²) < 4.78 is 21.5. The lowest BCUT2D eigenvalue weighted by Crippen LogP contribution is -2.32. The fourth-order valence-corrected chi connectivity index (χ4v) is 6.34. The van der Waals surface area contributed by atoms with Crippen molar-refractivity contribution in [1.29, 1.82) is 0 Å². The molecule has 349 valence electrons. The van der Waals surface area contributed by atoms with Crippen LogP contribution < -0.4 is 21.7 Å². The molecule has 1 aromatic heterocycles. The molecule has 7 N–H and O–H groups in total. The monoisotopic (exact) mass is 868 g/mol. The second-order valence-corrected chi connectivity index (χ2v) is 15.3. The number of ether oxygens (including phenoxy) is 4. The number of carboxylic acids is 2. The second kappa shape index (κ2) is 38.9. The number of hydrogen-bond acceptors (Lipinski definition) is 11. The maximum absolute atomic E-state index is 12.3. The highest BCUT2D eigenvalue weighted by Gasteiger charge is 2.25. The quantitative estimate of drug-likeness (QED) is 0.0504. The number of imidazole rings is 1. The zero-order valence-electron chi connectivity index (χ0n) is 36.4.